The first-order chi connectivity index (χ1) is 14.0. The van der Waals surface area contributed by atoms with Crippen molar-refractivity contribution in [2.24, 2.45) is 0 Å². The maximum atomic E-state index is 12.6. The molecule has 1 fully saturated rings. The number of nitrogens with zero attached hydrogens (tertiary/aromatic N) is 3. The van der Waals surface area contributed by atoms with Crippen LogP contribution in [0.4, 0.5) is 5.69 Å². The van der Waals surface area contributed by atoms with Crippen molar-refractivity contribution in [3.05, 3.63) is 53.4 Å². The molecule has 0 N–H and O–H groups in total. The van der Waals surface area contributed by atoms with E-state index in [4.69, 9.17) is 14.0 Å². The summed E-state index contributed by atoms with van der Waals surface area (Å²) in [4.78, 5) is 19.0. The van der Waals surface area contributed by atoms with Gasteiger partial charge in [-0.25, -0.2) is 0 Å². The Morgan fingerprint density at radius 3 is 2.59 bits per heavy atom. The van der Waals surface area contributed by atoms with Crippen LogP contribution in [-0.2, 0) is 4.79 Å². The van der Waals surface area contributed by atoms with Crippen molar-refractivity contribution in [2.75, 3.05) is 25.7 Å². The Morgan fingerprint density at radius 2 is 1.86 bits per heavy atom. The van der Waals surface area contributed by atoms with Crippen molar-refractivity contribution in [2.45, 2.75) is 26.2 Å². The zero-order chi connectivity index (χ0) is 20.5. The largest absolute Gasteiger partial charge is 0.493 e. The summed E-state index contributed by atoms with van der Waals surface area (Å²) < 4.78 is 16.1. The normalized spacial score (nSPS) is 16.3. The SMILES string of the molecule is COc1ccc(-c2noc(C3CC(=O)N(c4ccc(C)cc4C)C3)n2)cc1OC. The number of anilines is 1. The van der Waals surface area contributed by atoms with Gasteiger partial charge in [0.1, 0.15) is 0 Å². The summed E-state index contributed by atoms with van der Waals surface area (Å²) in [6.07, 6.45) is 0.348. The van der Waals surface area contributed by atoms with Gasteiger partial charge in [-0.3, -0.25) is 4.79 Å². The molecule has 150 valence electrons. The highest BCUT2D eigenvalue weighted by Crippen LogP contribution is 2.35. The van der Waals surface area contributed by atoms with Gasteiger partial charge in [0.15, 0.2) is 11.5 Å². The number of hydrogen-bond acceptors (Lipinski definition) is 6. The van der Waals surface area contributed by atoms with E-state index in [1.165, 1.54) is 5.56 Å². The van der Waals surface area contributed by atoms with E-state index in [1.54, 1.807) is 31.3 Å². The van der Waals surface area contributed by atoms with Gasteiger partial charge in [0.05, 0.1) is 20.1 Å². The zero-order valence-corrected chi connectivity index (χ0v) is 16.9. The fraction of sp³-hybridized carbons (Fsp3) is 0.318. The molecule has 29 heavy (non-hydrogen) atoms. The zero-order valence-electron chi connectivity index (χ0n) is 16.9. The third-order valence-electron chi connectivity index (χ3n) is 5.20. The van der Waals surface area contributed by atoms with Crippen LogP contribution in [0, 0.1) is 13.8 Å². The molecule has 1 atom stereocenters. The minimum absolute atomic E-state index is 0.0628. The molecule has 0 aliphatic carbocycles. The van der Waals surface area contributed by atoms with E-state index < -0.39 is 0 Å². The lowest BCUT2D eigenvalue weighted by molar-refractivity contribution is -0.117. The van der Waals surface area contributed by atoms with Gasteiger partial charge in [-0.15, -0.1) is 0 Å². The van der Waals surface area contributed by atoms with Crippen LogP contribution in [0.1, 0.15) is 29.4 Å². The van der Waals surface area contributed by atoms with Gasteiger partial charge in [0, 0.05) is 24.2 Å². The first-order valence-corrected chi connectivity index (χ1v) is 9.43. The Bertz CT molecular complexity index is 1060. The molecule has 0 bridgehead atoms. The fourth-order valence-corrected chi connectivity index (χ4v) is 3.71. The van der Waals surface area contributed by atoms with Gasteiger partial charge >= 0.3 is 0 Å². The second-order valence-electron chi connectivity index (χ2n) is 7.22. The molecule has 1 amide bonds. The van der Waals surface area contributed by atoms with Gasteiger partial charge in [-0.2, -0.15) is 4.98 Å². The predicted octanol–water partition coefficient (Wildman–Crippen LogP) is 3.89. The number of amides is 1. The number of carbonyl (C=O) groups excluding carboxylic acids is 1. The molecule has 7 heteroatoms. The third-order valence-corrected chi connectivity index (χ3v) is 5.20. The summed E-state index contributed by atoms with van der Waals surface area (Å²) >= 11 is 0. The Morgan fingerprint density at radius 1 is 1.07 bits per heavy atom. The van der Waals surface area contributed by atoms with Crippen LogP contribution in [0.2, 0.25) is 0 Å². The van der Waals surface area contributed by atoms with Crippen molar-refractivity contribution in [1.82, 2.24) is 10.1 Å². The quantitative estimate of drug-likeness (QED) is 0.654. The Balaban J connectivity index is 1.57. The summed E-state index contributed by atoms with van der Waals surface area (Å²) in [7, 11) is 3.16. The van der Waals surface area contributed by atoms with Crippen molar-refractivity contribution >= 4 is 11.6 Å². The number of methoxy groups -OCH3 is 2. The molecule has 0 spiro atoms. The van der Waals surface area contributed by atoms with Gasteiger partial charge in [0.25, 0.3) is 0 Å². The van der Waals surface area contributed by atoms with Crippen LogP contribution in [0.25, 0.3) is 11.4 Å². The second-order valence-corrected chi connectivity index (χ2v) is 7.22. The molecular formula is C22H23N3O4. The summed E-state index contributed by atoms with van der Waals surface area (Å²) in [5, 5.41) is 4.10. The molecule has 0 radical (unpaired) electrons. The molecule has 1 aromatic heterocycles. The number of rotatable bonds is 5. The van der Waals surface area contributed by atoms with Crippen molar-refractivity contribution in [3.8, 4) is 22.9 Å². The molecule has 1 saturated heterocycles. The number of aromatic nitrogens is 2. The fourth-order valence-electron chi connectivity index (χ4n) is 3.71. The van der Waals surface area contributed by atoms with Crippen molar-refractivity contribution in [3.63, 3.8) is 0 Å². The smallest absolute Gasteiger partial charge is 0.232 e. The van der Waals surface area contributed by atoms with Crippen LogP contribution < -0.4 is 14.4 Å². The lowest BCUT2D eigenvalue weighted by Gasteiger charge is -2.19. The maximum absolute atomic E-state index is 12.6. The summed E-state index contributed by atoms with van der Waals surface area (Å²) in [6.45, 7) is 4.58. The predicted molar refractivity (Wildman–Crippen MR) is 108 cm³/mol. The number of ether oxygens (including phenoxy) is 2. The second kappa shape index (κ2) is 7.58. The van der Waals surface area contributed by atoms with Gasteiger partial charge in [-0.1, -0.05) is 22.9 Å². The minimum Gasteiger partial charge on any atom is -0.493 e. The number of benzene rings is 2. The van der Waals surface area contributed by atoms with Crippen LogP contribution in [0.3, 0.4) is 0 Å². The minimum atomic E-state index is -0.135. The van der Waals surface area contributed by atoms with E-state index in [0.717, 1.165) is 16.8 Å². The van der Waals surface area contributed by atoms with E-state index in [0.29, 0.717) is 36.2 Å². The lowest BCUT2D eigenvalue weighted by Crippen LogP contribution is -2.25. The maximum Gasteiger partial charge on any atom is 0.232 e. The van der Waals surface area contributed by atoms with E-state index >= 15 is 0 Å². The number of hydrogen-bond donors (Lipinski definition) is 0. The van der Waals surface area contributed by atoms with Gasteiger partial charge in [-0.05, 0) is 43.7 Å². The first-order valence-electron chi connectivity index (χ1n) is 9.43. The molecule has 2 heterocycles. The van der Waals surface area contributed by atoms with Crippen LogP contribution >= 0.6 is 0 Å². The molecule has 1 aliphatic rings. The summed E-state index contributed by atoms with van der Waals surface area (Å²) in [5.74, 6) is 2.07. The highest BCUT2D eigenvalue weighted by Gasteiger charge is 2.35. The van der Waals surface area contributed by atoms with Crippen LogP contribution in [-0.4, -0.2) is 36.8 Å². The standard InChI is InChI=1S/C22H23N3O4/c1-13-5-7-17(14(2)9-13)25-12-16(11-20(25)26)22-23-21(24-29-22)15-6-8-18(27-3)19(10-15)28-4/h5-10,16H,11-12H2,1-4H3. The topological polar surface area (TPSA) is 77.7 Å². The highest BCUT2D eigenvalue weighted by molar-refractivity contribution is 5.97. The van der Waals surface area contributed by atoms with E-state index in [9.17, 15) is 4.79 Å². The summed E-state index contributed by atoms with van der Waals surface area (Å²) in [6, 6.07) is 11.5. The number of aryl methyl sites for hydroxylation is 2. The molecular weight excluding hydrogens is 370 g/mol. The number of carbonyl (C=O) groups is 1. The molecule has 1 unspecified atom stereocenters. The van der Waals surface area contributed by atoms with Crippen LogP contribution in [0.15, 0.2) is 40.9 Å². The summed E-state index contributed by atoms with van der Waals surface area (Å²) in [5.41, 5.74) is 3.94. The first kappa shape index (κ1) is 19.0. The lowest BCUT2D eigenvalue weighted by atomic mass is 10.1. The molecule has 0 saturated carbocycles. The highest BCUT2D eigenvalue weighted by atomic mass is 16.5. The van der Waals surface area contributed by atoms with Crippen molar-refractivity contribution < 1.29 is 18.8 Å². The van der Waals surface area contributed by atoms with Crippen molar-refractivity contribution in [1.29, 1.82) is 0 Å². The van der Waals surface area contributed by atoms with Crippen LogP contribution in [0.5, 0.6) is 11.5 Å². The average Bonchev–Trinajstić information content (AvgIpc) is 3.34. The molecule has 4 rings (SSSR count). The van der Waals surface area contributed by atoms with Gasteiger partial charge < -0.3 is 18.9 Å². The monoisotopic (exact) mass is 393 g/mol. The third kappa shape index (κ3) is 3.55. The molecule has 2 aromatic carbocycles. The average molecular weight is 393 g/mol. The Hall–Kier alpha value is -3.35. The van der Waals surface area contributed by atoms with E-state index in [2.05, 4.69) is 16.2 Å². The Labute approximate surface area is 169 Å². The Kier molecular flexibility index (Phi) is 4.96. The van der Waals surface area contributed by atoms with E-state index in [1.807, 2.05) is 32.0 Å². The van der Waals surface area contributed by atoms with Gasteiger partial charge in [0.2, 0.25) is 17.6 Å². The van der Waals surface area contributed by atoms with E-state index in [-0.39, 0.29) is 11.8 Å². The molecule has 3 aromatic rings. The molecule has 7 nitrogen and oxygen atoms in total. The molecule has 1 aliphatic heterocycles.